The van der Waals surface area contributed by atoms with E-state index in [-0.39, 0.29) is 5.41 Å². The van der Waals surface area contributed by atoms with E-state index >= 15 is 0 Å². The van der Waals surface area contributed by atoms with Gasteiger partial charge < -0.3 is 4.74 Å². The van der Waals surface area contributed by atoms with Crippen LogP contribution in [0.2, 0.25) is 0 Å². The predicted molar refractivity (Wildman–Crippen MR) is 80.7 cm³/mol. The van der Waals surface area contributed by atoms with Crippen LogP contribution in [0.5, 0.6) is 5.75 Å². The molecule has 0 aromatic heterocycles. The van der Waals surface area contributed by atoms with Gasteiger partial charge in [-0.3, -0.25) is 0 Å². The molecular formula is C18H22O. The summed E-state index contributed by atoms with van der Waals surface area (Å²) in [5.74, 6) is 0.988. The second kappa shape index (κ2) is 5.48. The summed E-state index contributed by atoms with van der Waals surface area (Å²) in [7, 11) is 0. The summed E-state index contributed by atoms with van der Waals surface area (Å²) in [6.45, 7) is 9.40. The first-order valence-electron chi connectivity index (χ1n) is 6.75. The van der Waals surface area contributed by atoms with Crippen LogP contribution in [-0.4, -0.2) is 0 Å². The molecule has 0 N–H and O–H groups in total. The van der Waals surface area contributed by atoms with E-state index in [4.69, 9.17) is 4.74 Å². The Kier molecular flexibility index (Phi) is 3.94. The molecule has 2 aromatic rings. The molecule has 0 aliphatic carbocycles. The van der Waals surface area contributed by atoms with Crippen LogP contribution < -0.4 is 4.74 Å². The molecule has 0 heterocycles. The van der Waals surface area contributed by atoms with E-state index in [9.17, 15) is 0 Å². The summed E-state index contributed by atoms with van der Waals surface area (Å²) in [5.41, 5.74) is 3.83. The van der Waals surface area contributed by atoms with Gasteiger partial charge in [0.2, 0.25) is 0 Å². The van der Waals surface area contributed by atoms with Crippen molar-refractivity contribution in [3.63, 3.8) is 0 Å². The van der Waals surface area contributed by atoms with E-state index in [0.29, 0.717) is 6.61 Å². The molecule has 0 spiro atoms. The highest BCUT2D eigenvalue weighted by atomic mass is 16.5. The van der Waals surface area contributed by atoms with E-state index in [0.717, 1.165) is 5.75 Å². The van der Waals surface area contributed by atoms with Crippen molar-refractivity contribution in [1.82, 2.24) is 0 Å². The Balaban J connectivity index is 2.21. The van der Waals surface area contributed by atoms with Gasteiger partial charge in [-0.1, -0.05) is 68.8 Å². The van der Waals surface area contributed by atoms with E-state index < -0.39 is 0 Å². The second-order valence-corrected chi connectivity index (χ2v) is 6.02. The van der Waals surface area contributed by atoms with Crippen molar-refractivity contribution >= 4 is 0 Å². The molecule has 0 aliphatic heterocycles. The van der Waals surface area contributed by atoms with Crippen LogP contribution in [0.1, 0.15) is 37.5 Å². The highest BCUT2D eigenvalue weighted by Crippen LogP contribution is 2.32. The first-order chi connectivity index (χ1) is 8.97. The van der Waals surface area contributed by atoms with Gasteiger partial charge in [0.15, 0.2) is 0 Å². The van der Waals surface area contributed by atoms with Crippen molar-refractivity contribution in [1.29, 1.82) is 0 Å². The van der Waals surface area contributed by atoms with Gasteiger partial charge in [-0.05, 0) is 29.5 Å². The second-order valence-electron chi connectivity index (χ2n) is 6.02. The van der Waals surface area contributed by atoms with Gasteiger partial charge >= 0.3 is 0 Å². The first-order valence-corrected chi connectivity index (χ1v) is 6.75. The molecule has 1 heteroatoms. The maximum Gasteiger partial charge on any atom is 0.123 e. The average molecular weight is 254 g/mol. The van der Waals surface area contributed by atoms with Gasteiger partial charge in [0.1, 0.15) is 12.4 Å². The minimum absolute atomic E-state index is 0.0953. The molecule has 0 saturated carbocycles. The molecule has 0 aliphatic rings. The lowest BCUT2D eigenvalue weighted by atomic mass is 9.85. The van der Waals surface area contributed by atoms with Gasteiger partial charge in [-0.2, -0.15) is 0 Å². The Hall–Kier alpha value is -1.76. The van der Waals surface area contributed by atoms with Crippen LogP contribution in [0.3, 0.4) is 0 Å². The Morgan fingerprint density at radius 3 is 2.26 bits per heavy atom. The van der Waals surface area contributed by atoms with Crippen LogP contribution in [0.4, 0.5) is 0 Å². The molecule has 0 bridgehead atoms. The largest absolute Gasteiger partial charge is 0.489 e. The Morgan fingerprint density at radius 1 is 0.947 bits per heavy atom. The zero-order valence-electron chi connectivity index (χ0n) is 12.2. The Bertz CT molecular complexity index is 535. The molecule has 2 aromatic carbocycles. The highest BCUT2D eigenvalue weighted by Gasteiger charge is 2.19. The summed E-state index contributed by atoms with van der Waals surface area (Å²) < 4.78 is 6.00. The Morgan fingerprint density at radius 2 is 1.63 bits per heavy atom. The van der Waals surface area contributed by atoms with Crippen LogP contribution in [0.25, 0.3) is 0 Å². The lowest BCUT2D eigenvalue weighted by Gasteiger charge is -2.23. The molecule has 19 heavy (non-hydrogen) atoms. The smallest absolute Gasteiger partial charge is 0.123 e. The van der Waals surface area contributed by atoms with Crippen molar-refractivity contribution < 1.29 is 4.74 Å². The fourth-order valence-corrected chi connectivity index (χ4v) is 2.09. The molecule has 0 atom stereocenters. The SMILES string of the molecule is Cc1ccc(OCc2ccccc2)c(C(C)(C)C)c1. The standard InChI is InChI=1S/C18H22O/c1-14-10-11-17(16(12-14)18(2,3)4)19-13-15-8-6-5-7-9-15/h5-12H,13H2,1-4H3. The van der Waals surface area contributed by atoms with Crippen molar-refractivity contribution in [3.05, 3.63) is 65.2 Å². The average Bonchev–Trinajstić information content (AvgIpc) is 2.37. The third kappa shape index (κ3) is 3.60. The number of benzene rings is 2. The Labute approximate surface area is 116 Å². The minimum atomic E-state index is 0.0953. The molecule has 0 amide bonds. The summed E-state index contributed by atoms with van der Waals surface area (Å²) >= 11 is 0. The van der Waals surface area contributed by atoms with Crippen molar-refractivity contribution in [2.75, 3.05) is 0 Å². The maximum atomic E-state index is 6.00. The topological polar surface area (TPSA) is 9.23 Å². The molecule has 100 valence electrons. The molecular weight excluding hydrogens is 232 g/mol. The van der Waals surface area contributed by atoms with Gasteiger partial charge in [-0.15, -0.1) is 0 Å². The van der Waals surface area contributed by atoms with Gasteiger partial charge in [0.25, 0.3) is 0 Å². The van der Waals surface area contributed by atoms with Crippen LogP contribution in [0, 0.1) is 6.92 Å². The third-order valence-corrected chi connectivity index (χ3v) is 3.18. The molecule has 0 unspecified atom stereocenters. The van der Waals surface area contributed by atoms with Crippen molar-refractivity contribution in [2.45, 2.75) is 39.7 Å². The number of hydrogen-bond acceptors (Lipinski definition) is 1. The van der Waals surface area contributed by atoms with Crippen molar-refractivity contribution in [3.8, 4) is 5.75 Å². The van der Waals surface area contributed by atoms with Crippen molar-refractivity contribution in [2.24, 2.45) is 0 Å². The van der Waals surface area contributed by atoms with Gasteiger partial charge in [-0.25, -0.2) is 0 Å². The summed E-state index contributed by atoms with van der Waals surface area (Å²) in [6.07, 6.45) is 0. The van der Waals surface area contributed by atoms with Gasteiger partial charge in [0, 0.05) is 0 Å². The quantitative estimate of drug-likeness (QED) is 0.759. The predicted octanol–water partition coefficient (Wildman–Crippen LogP) is 4.87. The first kappa shape index (κ1) is 13.7. The fourth-order valence-electron chi connectivity index (χ4n) is 2.09. The van der Waals surface area contributed by atoms with Crippen LogP contribution in [0.15, 0.2) is 48.5 Å². The normalized spacial score (nSPS) is 11.4. The lowest BCUT2D eigenvalue weighted by molar-refractivity contribution is 0.297. The number of aryl methyl sites for hydroxylation is 1. The third-order valence-electron chi connectivity index (χ3n) is 3.18. The zero-order valence-corrected chi connectivity index (χ0v) is 12.2. The van der Waals surface area contributed by atoms with E-state index in [1.54, 1.807) is 0 Å². The maximum absolute atomic E-state index is 6.00. The summed E-state index contributed by atoms with van der Waals surface area (Å²) in [6, 6.07) is 16.7. The molecule has 2 rings (SSSR count). The zero-order chi connectivity index (χ0) is 13.9. The molecule has 0 saturated heterocycles. The van der Waals surface area contributed by atoms with Gasteiger partial charge in [0.05, 0.1) is 0 Å². The van der Waals surface area contributed by atoms with Crippen LogP contribution >= 0.6 is 0 Å². The van der Waals surface area contributed by atoms with Crippen LogP contribution in [-0.2, 0) is 12.0 Å². The monoisotopic (exact) mass is 254 g/mol. The van der Waals surface area contributed by atoms with E-state index in [2.05, 4.69) is 58.0 Å². The number of ether oxygens (including phenoxy) is 1. The summed E-state index contributed by atoms with van der Waals surface area (Å²) in [4.78, 5) is 0. The summed E-state index contributed by atoms with van der Waals surface area (Å²) in [5, 5.41) is 0. The number of rotatable bonds is 3. The molecule has 0 fully saturated rings. The minimum Gasteiger partial charge on any atom is -0.489 e. The number of hydrogen-bond donors (Lipinski definition) is 0. The highest BCUT2D eigenvalue weighted by molar-refractivity contribution is 5.41. The molecule has 1 nitrogen and oxygen atoms in total. The van der Waals surface area contributed by atoms with E-state index in [1.807, 2.05) is 18.2 Å². The molecule has 0 radical (unpaired) electrons. The fraction of sp³-hybridized carbons (Fsp3) is 0.333. The van der Waals surface area contributed by atoms with E-state index in [1.165, 1.54) is 16.7 Å². The lowest BCUT2D eigenvalue weighted by Crippen LogP contribution is -2.13.